The number of benzene rings is 2. The quantitative estimate of drug-likeness (QED) is 0.521. The molecule has 2 heterocycles. The van der Waals surface area contributed by atoms with Crippen molar-refractivity contribution in [1.29, 1.82) is 0 Å². The van der Waals surface area contributed by atoms with Crippen LogP contribution in [0.15, 0.2) is 59.5 Å². The Bertz CT molecular complexity index is 1190. The molecule has 2 fully saturated rings. The van der Waals surface area contributed by atoms with Gasteiger partial charge in [-0.25, -0.2) is 12.4 Å². The van der Waals surface area contributed by atoms with Crippen LogP contribution in [0.25, 0.3) is 10.9 Å². The maximum atomic E-state index is 13.7. The number of ether oxygens (including phenoxy) is 1. The van der Waals surface area contributed by atoms with Gasteiger partial charge in [0.25, 0.3) is 10.0 Å². The van der Waals surface area contributed by atoms with Crippen molar-refractivity contribution in [3.8, 4) is 5.75 Å². The van der Waals surface area contributed by atoms with Crippen molar-refractivity contribution in [3.05, 3.63) is 60.3 Å². The standard InChI is InChI=1S/C26H33N3O3S/c1-27-13-15-28(16-14-27)19-23-17-22-18-24(32-20-21-7-5-6-8-21)11-12-26(22)29(23)33(30,31)25-9-3-2-4-10-25/h2-4,9-12,17-18,21H,5-8,13-16,19-20H2,1H3. The van der Waals surface area contributed by atoms with Crippen LogP contribution in [0.1, 0.15) is 31.4 Å². The molecule has 6 nitrogen and oxygen atoms in total. The van der Waals surface area contributed by atoms with Crippen molar-refractivity contribution in [2.75, 3.05) is 39.8 Å². The zero-order valence-electron chi connectivity index (χ0n) is 19.3. The van der Waals surface area contributed by atoms with E-state index in [-0.39, 0.29) is 0 Å². The molecule has 1 saturated heterocycles. The zero-order valence-corrected chi connectivity index (χ0v) is 20.1. The Morgan fingerprint density at radius 3 is 2.39 bits per heavy atom. The lowest BCUT2D eigenvalue weighted by Gasteiger charge is -2.32. The van der Waals surface area contributed by atoms with Crippen molar-refractivity contribution >= 4 is 20.9 Å². The van der Waals surface area contributed by atoms with Crippen molar-refractivity contribution in [2.45, 2.75) is 37.1 Å². The largest absolute Gasteiger partial charge is 0.493 e. The summed E-state index contributed by atoms with van der Waals surface area (Å²) in [5.74, 6) is 1.45. The molecule has 0 N–H and O–H groups in total. The maximum Gasteiger partial charge on any atom is 0.268 e. The van der Waals surface area contributed by atoms with Crippen LogP contribution in [-0.2, 0) is 16.6 Å². The van der Waals surface area contributed by atoms with Gasteiger partial charge in [-0.3, -0.25) is 4.90 Å². The van der Waals surface area contributed by atoms with Crippen molar-refractivity contribution < 1.29 is 13.2 Å². The molecule has 0 bridgehead atoms. The Morgan fingerprint density at radius 1 is 0.939 bits per heavy atom. The lowest BCUT2D eigenvalue weighted by molar-refractivity contribution is 0.147. The number of nitrogens with zero attached hydrogens (tertiary/aromatic N) is 3. The van der Waals surface area contributed by atoms with Crippen LogP contribution in [0.2, 0.25) is 0 Å². The topological polar surface area (TPSA) is 54.8 Å². The Balaban J connectivity index is 1.50. The van der Waals surface area contributed by atoms with Gasteiger partial charge in [-0.05, 0) is 62.2 Å². The second-order valence-electron chi connectivity index (χ2n) is 9.48. The van der Waals surface area contributed by atoms with Crippen molar-refractivity contribution in [3.63, 3.8) is 0 Å². The van der Waals surface area contributed by atoms with Gasteiger partial charge in [-0.15, -0.1) is 0 Å². The van der Waals surface area contributed by atoms with Crippen LogP contribution >= 0.6 is 0 Å². The van der Waals surface area contributed by atoms with Gasteiger partial charge in [0, 0.05) is 43.8 Å². The summed E-state index contributed by atoms with van der Waals surface area (Å²) in [5.41, 5.74) is 1.50. The first kappa shape index (κ1) is 22.4. The third kappa shape index (κ3) is 4.81. The van der Waals surface area contributed by atoms with E-state index in [9.17, 15) is 8.42 Å². The van der Waals surface area contributed by atoms with E-state index < -0.39 is 10.0 Å². The first-order chi connectivity index (χ1) is 16.0. The fourth-order valence-corrected chi connectivity index (χ4v) is 6.59. The zero-order chi connectivity index (χ0) is 22.8. The molecule has 0 atom stereocenters. The molecule has 0 spiro atoms. The fraction of sp³-hybridized carbons (Fsp3) is 0.462. The number of hydrogen-bond donors (Lipinski definition) is 0. The second-order valence-corrected chi connectivity index (χ2v) is 11.3. The molecule has 5 rings (SSSR count). The Labute approximate surface area is 196 Å². The van der Waals surface area contributed by atoms with Gasteiger partial charge >= 0.3 is 0 Å². The number of piperazine rings is 1. The fourth-order valence-electron chi connectivity index (χ4n) is 5.03. The molecular formula is C26H33N3O3S. The molecule has 1 aliphatic heterocycles. The van der Waals surface area contributed by atoms with Crippen molar-refractivity contribution in [1.82, 2.24) is 13.8 Å². The van der Waals surface area contributed by atoms with Crippen LogP contribution in [0.5, 0.6) is 5.75 Å². The summed E-state index contributed by atoms with van der Waals surface area (Å²) < 4.78 is 35.1. The van der Waals surface area contributed by atoms with Crippen LogP contribution in [-0.4, -0.2) is 62.0 Å². The predicted octanol–water partition coefficient (Wildman–Crippen LogP) is 4.19. The van der Waals surface area contributed by atoms with Gasteiger partial charge < -0.3 is 9.64 Å². The third-order valence-corrected chi connectivity index (χ3v) is 8.80. The van der Waals surface area contributed by atoms with E-state index in [0.717, 1.165) is 49.6 Å². The Kier molecular flexibility index (Phi) is 6.45. The van der Waals surface area contributed by atoms with E-state index in [1.165, 1.54) is 29.7 Å². The molecule has 2 aliphatic rings. The van der Waals surface area contributed by atoms with Crippen molar-refractivity contribution in [2.24, 2.45) is 5.92 Å². The van der Waals surface area contributed by atoms with Gasteiger partial charge in [0.2, 0.25) is 0 Å². The molecule has 2 aromatic carbocycles. The molecule has 176 valence electrons. The molecule has 1 aliphatic carbocycles. The molecule has 7 heteroatoms. The number of fused-ring (bicyclic) bond motifs is 1. The van der Waals surface area contributed by atoms with Crippen LogP contribution < -0.4 is 4.74 Å². The number of aromatic nitrogens is 1. The minimum Gasteiger partial charge on any atom is -0.493 e. The Hall–Kier alpha value is -2.35. The monoisotopic (exact) mass is 467 g/mol. The first-order valence-electron chi connectivity index (χ1n) is 12.0. The summed E-state index contributed by atoms with van der Waals surface area (Å²) in [6, 6.07) is 16.5. The number of hydrogen-bond acceptors (Lipinski definition) is 5. The summed E-state index contributed by atoms with van der Waals surface area (Å²) in [6.07, 6.45) is 5.07. The van der Waals surface area contributed by atoms with E-state index in [1.807, 2.05) is 30.3 Å². The maximum absolute atomic E-state index is 13.7. The average molecular weight is 468 g/mol. The van der Waals surface area contributed by atoms with E-state index in [1.54, 1.807) is 24.3 Å². The minimum absolute atomic E-state index is 0.309. The lowest BCUT2D eigenvalue weighted by atomic mass is 10.1. The summed E-state index contributed by atoms with van der Waals surface area (Å²) in [7, 11) is -1.59. The number of rotatable bonds is 7. The van der Waals surface area contributed by atoms with Gasteiger partial charge in [0.15, 0.2) is 0 Å². The van der Waals surface area contributed by atoms with Gasteiger partial charge in [0.1, 0.15) is 5.75 Å². The first-order valence-corrected chi connectivity index (χ1v) is 13.4. The van der Waals surface area contributed by atoms with E-state index >= 15 is 0 Å². The summed E-state index contributed by atoms with van der Waals surface area (Å²) in [6.45, 7) is 5.18. The number of likely N-dealkylation sites (N-methyl/N-ethyl adjacent to an activating group) is 1. The third-order valence-electron chi connectivity index (χ3n) is 7.02. The van der Waals surface area contributed by atoms with E-state index in [2.05, 4.69) is 16.8 Å². The van der Waals surface area contributed by atoms with Gasteiger partial charge in [0.05, 0.1) is 17.0 Å². The Morgan fingerprint density at radius 2 is 1.67 bits per heavy atom. The van der Waals surface area contributed by atoms with Gasteiger partial charge in [-0.1, -0.05) is 31.0 Å². The van der Waals surface area contributed by atoms with Crippen LogP contribution in [0.4, 0.5) is 0 Å². The molecule has 0 radical (unpaired) electrons. The average Bonchev–Trinajstić information content (AvgIpc) is 3.47. The highest BCUT2D eigenvalue weighted by Crippen LogP contribution is 2.31. The summed E-state index contributed by atoms with van der Waals surface area (Å²) in [5, 5.41) is 0.905. The molecule has 0 amide bonds. The highest BCUT2D eigenvalue weighted by Gasteiger charge is 2.25. The molecule has 3 aromatic rings. The van der Waals surface area contributed by atoms with E-state index in [0.29, 0.717) is 22.9 Å². The normalized spacial score (nSPS) is 18.8. The summed E-state index contributed by atoms with van der Waals surface area (Å²) >= 11 is 0. The van der Waals surface area contributed by atoms with E-state index in [4.69, 9.17) is 4.74 Å². The minimum atomic E-state index is -3.71. The second kappa shape index (κ2) is 9.49. The molecular weight excluding hydrogens is 434 g/mol. The molecule has 33 heavy (non-hydrogen) atoms. The summed E-state index contributed by atoms with van der Waals surface area (Å²) in [4.78, 5) is 4.95. The lowest BCUT2D eigenvalue weighted by Crippen LogP contribution is -2.44. The predicted molar refractivity (Wildman–Crippen MR) is 131 cm³/mol. The highest BCUT2D eigenvalue weighted by molar-refractivity contribution is 7.90. The molecule has 0 unspecified atom stereocenters. The van der Waals surface area contributed by atoms with Crippen LogP contribution in [0.3, 0.4) is 0 Å². The van der Waals surface area contributed by atoms with Crippen LogP contribution in [0, 0.1) is 5.92 Å². The smallest absolute Gasteiger partial charge is 0.268 e. The van der Waals surface area contributed by atoms with Gasteiger partial charge in [-0.2, -0.15) is 0 Å². The molecule has 1 saturated carbocycles. The molecule has 1 aromatic heterocycles. The SMILES string of the molecule is CN1CCN(Cc2cc3cc(OCC4CCCC4)ccc3n2S(=O)(=O)c2ccccc2)CC1. The highest BCUT2D eigenvalue weighted by atomic mass is 32.2.